The van der Waals surface area contributed by atoms with Gasteiger partial charge in [-0.25, -0.2) is 0 Å². The van der Waals surface area contributed by atoms with Crippen molar-refractivity contribution in [2.24, 2.45) is 5.41 Å². The minimum Gasteiger partial charge on any atom is -0.365 e. The zero-order valence-electron chi connectivity index (χ0n) is 14.9. The van der Waals surface area contributed by atoms with E-state index in [1.54, 1.807) is 16.8 Å². The monoisotopic (exact) mass is 287 g/mol. The number of anilines is 1. The van der Waals surface area contributed by atoms with Crippen molar-refractivity contribution in [2.75, 3.05) is 11.4 Å². The lowest BCUT2D eigenvalue weighted by Crippen LogP contribution is -2.39. The van der Waals surface area contributed by atoms with E-state index in [9.17, 15) is 0 Å². The third kappa shape index (κ3) is 3.44. The van der Waals surface area contributed by atoms with E-state index < -0.39 is 0 Å². The summed E-state index contributed by atoms with van der Waals surface area (Å²) in [5.41, 5.74) is 5.32. The first-order chi connectivity index (χ1) is 9.80. The molecule has 0 unspecified atom stereocenters. The number of hydrogen-bond donors (Lipinski definition) is 0. The van der Waals surface area contributed by atoms with Crippen LogP contribution in [0, 0.1) is 5.41 Å². The Balaban J connectivity index is 2.50. The predicted octanol–water partition coefficient (Wildman–Crippen LogP) is 5.61. The molecule has 0 saturated carbocycles. The lowest BCUT2D eigenvalue weighted by atomic mass is 9.86. The van der Waals surface area contributed by atoms with Crippen molar-refractivity contribution in [3.8, 4) is 0 Å². The Labute approximate surface area is 131 Å². The molecule has 1 saturated heterocycles. The number of hydrogen-bond acceptors (Lipinski definition) is 1. The van der Waals surface area contributed by atoms with Crippen molar-refractivity contribution in [1.29, 1.82) is 0 Å². The van der Waals surface area contributed by atoms with Gasteiger partial charge in [0.25, 0.3) is 0 Å². The van der Waals surface area contributed by atoms with E-state index in [0.717, 1.165) is 0 Å². The Hall–Kier alpha value is -0.980. The maximum absolute atomic E-state index is 2.71. The van der Waals surface area contributed by atoms with E-state index >= 15 is 0 Å². The van der Waals surface area contributed by atoms with Crippen LogP contribution < -0.4 is 4.90 Å². The van der Waals surface area contributed by atoms with Crippen molar-refractivity contribution < 1.29 is 0 Å². The molecule has 1 nitrogen and oxygen atoms in total. The van der Waals surface area contributed by atoms with E-state index in [1.165, 1.54) is 38.6 Å². The van der Waals surface area contributed by atoms with Gasteiger partial charge >= 0.3 is 0 Å². The van der Waals surface area contributed by atoms with Gasteiger partial charge in [0.1, 0.15) is 0 Å². The highest BCUT2D eigenvalue weighted by Crippen LogP contribution is 2.45. The fraction of sp³-hybridized carbons (Fsp3) is 0.700. The van der Waals surface area contributed by atoms with Crippen LogP contribution in [0.1, 0.15) is 71.9 Å². The highest BCUT2D eigenvalue weighted by Gasteiger charge is 2.43. The standard InChI is InChI=1S/C20H33N/c1-7-10-16-12-9-13-17(11-8-2)18(16)21-15-19(3,4)14-20(21,5)6/h9,12-13H,7-8,10-11,14-15H2,1-6H3. The molecular formula is C20H33N. The minimum atomic E-state index is 0.260. The molecule has 0 N–H and O–H groups in total. The molecule has 2 rings (SSSR count). The van der Waals surface area contributed by atoms with Gasteiger partial charge in [-0.15, -0.1) is 0 Å². The van der Waals surface area contributed by atoms with Crippen molar-refractivity contribution in [2.45, 2.75) is 79.2 Å². The highest BCUT2D eigenvalue weighted by atomic mass is 15.2. The maximum Gasteiger partial charge on any atom is 0.0435 e. The smallest absolute Gasteiger partial charge is 0.0435 e. The second-order valence-corrected chi connectivity index (χ2v) is 8.16. The summed E-state index contributed by atoms with van der Waals surface area (Å²) in [6, 6.07) is 6.95. The van der Waals surface area contributed by atoms with Crippen molar-refractivity contribution in [3.63, 3.8) is 0 Å². The Morgan fingerprint density at radius 2 is 1.48 bits per heavy atom. The van der Waals surface area contributed by atoms with Gasteiger partial charge in [0.15, 0.2) is 0 Å². The zero-order chi connectivity index (χ0) is 15.7. The molecule has 1 aromatic carbocycles. The number of para-hydroxylation sites is 1. The molecule has 0 spiro atoms. The zero-order valence-corrected chi connectivity index (χ0v) is 14.9. The fourth-order valence-corrected chi connectivity index (χ4v) is 4.28. The van der Waals surface area contributed by atoms with Gasteiger partial charge in [0, 0.05) is 17.8 Å². The quantitative estimate of drug-likeness (QED) is 0.680. The van der Waals surface area contributed by atoms with E-state index in [-0.39, 0.29) is 5.54 Å². The van der Waals surface area contributed by atoms with E-state index in [0.29, 0.717) is 5.41 Å². The number of rotatable bonds is 5. The largest absolute Gasteiger partial charge is 0.365 e. The third-order valence-electron chi connectivity index (χ3n) is 4.74. The van der Waals surface area contributed by atoms with Crippen LogP contribution in [0.15, 0.2) is 18.2 Å². The second-order valence-electron chi connectivity index (χ2n) is 8.16. The molecule has 0 radical (unpaired) electrons. The Morgan fingerprint density at radius 3 is 1.86 bits per heavy atom. The average Bonchev–Trinajstić information content (AvgIpc) is 2.58. The minimum absolute atomic E-state index is 0.260. The van der Waals surface area contributed by atoms with Crippen molar-refractivity contribution >= 4 is 5.69 Å². The summed E-state index contributed by atoms with van der Waals surface area (Å²) in [4.78, 5) is 2.71. The molecule has 0 atom stereocenters. The van der Waals surface area contributed by atoms with Crippen molar-refractivity contribution in [1.82, 2.24) is 0 Å². The Bertz CT molecular complexity index is 460. The van der Waals surface area contributed by atoms with E-state index in [2.05, 4.69) is 64.6 Å². The van der Waals surface area contributed by atoms with Crippen molar-refractivity contribution in [3.05, 3.63) is 29.3 Å². The first-order valence-corrected chi connectivity index (χ1v) is 8.69. The molecule has 118 valence electrons. The molecule has 1 aliphatic heterocycles. The summed E-state index contributed by atoms with van der Waals surface area (Å²) in [6.45, 7) is 15.4. The summed E-state index contributed by atoms with van der Waals surface area (Å²) in [6.07, 6.45) is 6.10. The summed E-state index contributed by atoms with van der Waals surface area (Å²) in [5.74, 6) is 0. The van der Waals surface area contributed by atoms with Crippen LogP contribution in [0.4, 0.5) is 5.69 Å². The summed E-state index contributed by atoms with van der Waals surface area (Å²) in [7, 11) is 0. The topological polar surface area (TPSA) is 3.24 Å². The molecule has 21 heavy (non-hydrogen) atoms. The van der Waals surface area contributed by atoms with Gasteiger partial charge < -0.3 is 4.90 Å². The predicted molar refractivity (Wildman–Crippen MR) is 94.3 cm³/mol. The summed E-state index contributed by atoms with van der Waals surface area (Å²) in [5, 5.41) is 0. The highest BCUT2D eigenvalue weighted by molar-refractivity contribution is 5.62. The summed E-state index contributed by atoms with van der Waals surface area (Å²) < 4.78 is 0. The molecule has 1 aliphatic rings. The molecule has 1 heterocycles. The SMILES string of the molecule is CCCc1cccc(CCC)c1N1CC(C)(C)CC1(C)C. The first kappa shape index (κ1) is 16.4. The van der Waals surface area contributed by atoms with Gasteiger partial charge in [0.05, 0.1) is 0 Å². The van der Waals surface area contributed by atoms with Gasteiger partial charge in [-0.3, -0.25) is 0 Å². The summed E-state index contributed by atoms with van der Waals surface area (Å²) >= 11 is 0. The van der Waals surface area contributed by atoms with Crippen LogP contribution in [-0.4, -0.2) is 12.1 Å². The lowest BCUT2D eigenvalue weighted by molar-refractivity contribution is 0.371. The van der Waals surface area contributed by atoms with Crippen LogP contribution in [0.3, 0.4) is 0 Å². The van der Waals surface area contributed by atoms with E-state index in [4.69, 9.17) is 0 Å². The first-order valence-electron chi connectivity index (χ1n) is 8.69. The molecule has 1 fully saturated rings. The lowest BCUT2D eigenvalue weighted by Gasteiger charge is -2.37. The average molecular weight is 287 g/mol. The molecule has 0 aromatic heterocycles. The normalized spacial score (nSPS) is 20.0. The van der Waals surface area contributed by atoms with Crippen LogP contribution >= 0.6 is 0 Å². The Kier molecular flexibility index (Phi) is 4.70. The second kappa shape index (κ2) is 6.02. The molecule has 1 aromatic rings. The van der Waals surface area contributed by atoms with Crippen LogP contribution in [0.2, 0.25) is 0 Å². The van der Waals surface area contributed by atoms with Crippen LogP contribution in [0.25, 0.3) is 0 Å². The van der Waals surface area contributed by atoms with Crippen LogP contribution in [-0.2, 0) is 12.8 Å². The Morgan fingerprint density at radius 1 is 0.952 bits per heavy atom. The van der Waals surface area contributed by atoms with Crippen LogP contribution in [0.5, 0.6) is 0 Å². The molecule has 0 bridgehead atoms. The maximum atomic E-state index is 2.71. The van der Waals surface area contributed by atoms with E-state index in [1.807, 2.05) is 0 Å². The van der Waals surface area contributed by atoms with Gasteiger partial charge in [0.2, 0.25) is 0 Å². The number of benzene rings is 1. The third-order valence-corrected chi connectivity index (χ3v) is 4.74. The van der Waals surface area contributed by atoms with Gasteiger partial charge in [-0.2, -0.15) is 0 Å². The molecular weight excluding hydrogens is 254 g/mol. The fourth-order valence-electron chi connectivity index (χ4n) is 4.28. The molecule has 1 heteroatoms. The number of aryl methyl sites for hydroxylation is 2. The molecule has 0 aliphatic carbocycles. The number of nitrogens with zero attached hydrogens (tertiary/aromatic N) is 1. The van der Waals surface area contributed by atoms with Gasteiger partial charge in [-0.1, -0.05) is 58.7 Å². The molecule has 0 amide bonds. The van der Waals surface area contributed by atoms with Gasteiger partial charge in [-0.05, 0) is 49.7 Å².